The van der Waals surface area contributed by atoms with Crippen LogP contribution in [0.15, 0.2) is 9.00 Å². The van der Waals surface area contributed by atoms with Crippen molar-refractivity contribution < 1.29 is 12.6 Å². The molecule has 0 N–H and O–H groups in total. The fraction of sp³-hybridized carbons (Fsp3) is 0.500. The lowest BCUT2D eigenvalue weighted by atomic mass is 10.8. The maximum absolute atomic E-state index is 11.0. The lowest BCUT2D eigenvalue weighted by Gasteiger charge is -1.99. The van der Waals surface area contributed by atoms with Crippen LogP contribution in [0.25, 0.3) is 0 Å². The van der Waals surface area contributed by atoms with Gasteiger partial charge in [-0.1, -0.05) is 21.9 Å². The summed E-state index contributed by atoms with van der Waals surface area (Å²) in [4.78, 5) is 11.0. The van der Waals surface area contributed by atoms with Crippen molar-refractivity contribution in [1.82, 2.24) is 0 Å². The van der Waals surface area contributed by atoms with Crippen LogP contribution in [0.3, 0.4) is 0 Å². The fourth-order valence-corrected chi connectivity index (χ4v) is 5.13. The molecule has 1 rings (SSSR count). The normalized spacial score (nSPS) is 11.9. The summed E-state index contributed by atoms with van der Waals surface area (Å²) in [7, 11) is -1.03. The molecule has 1 heterocycles. The number of halogens is 1. The smallest absolute Gasteiger partial charge is 0.264 e. The number of thioether (sulfide) groups is 1. The van der Waals surface area contributed by atoms with E-state index >= 15 is 0 Å². The molecule has 0 radical (unpaired) electrons. The van der Waals surface area contributed by atoms with Crippen LogP contribution in [0.5, 0.6) is 0 Å². The zero-order valence-corrected chi connectivity index (χ0v) is 11.6. The third kappa shape index (κ3) is 4.83. The molecule has 0 saturated heterocycles. The highest BCUT2D eigenvalue weighted by Crippen LogP contribution is 2.31. The van der Waals surface area contributed by atoms with Gasteiger partial charge in [0.05, 0.1) is 17.1 Å². The zero-order valence-electron chi connectivity index (χ0n) is 7.56. The van der Waals surface area contributed by atoms with Crippen molar-refractivity contribution in [2.24, 2.45) is 0 Å². The van der Waals surface area contributed by atoms with E-state index in [2.05, 4.69) is 4.18 Å². The van der Waals surface area contributed by atoms with Crippen LogP contribution in [0.1, 0.15) is 0 Å². The predicted molar refractivity (Wildman–Crippen MR) is 65.0 cm³/mol. The maximum atomic E-state index is 11.0. The molecular weight excluding hydrogens is 300 g/mol. The summed E-state index contributed by atoms with van der Waals surface area (Å²) in [5.74, 6) is 0.444. The highest BCUT2D eigenvalue weighted by atomic mass is 35.5. The molecule has 0 amide bonds. The second-order valence-corrected chi connectivity index (χ2v) is 7.93. The van der Waals surface area contributed by atoms with Gasteiger partial charge in [0, 0.05) is 5.75 Å². The van der Waals surface area contributed by atoms with Gasteiger partial charge in [0.1, 0.15) is 5.02 Å². The van der Waals surface area contributed by atoms with Crippen molar-refractivity contribution >= 4 is 54.2 Å². The van der Waals surface area contributed by atoms with Crippen LogP contribution in [-0.4, -0.2) is 27.0 Å². The van der Waals surface area contributed by atoms with E-state index in [-0.39, 0.29) is 16.4 Å². The second-order valence-electron chi connectivity index (χ2n) is 2.43. The monoisotopic (exact) mass is 306 g/mol. The standard InChI is InChI=1S/C6H7ClO4S4/c1-15(9,10)11-2-3-12-6-4(7)5(8)13-14-6/h2-3H2,1H3. The highest BCUT2D eigenvalue weighted by molar-refractivity contribution is 8.02. The van der Waals surface area contributed by atoms with E-state index in [1.807, 2.05) is 0 Å². The van der Waals surface area contributed by atoms with Gasteiger partial charge >= 0.3 is 0 Å². The molecule has 15 heavy (non-hydrogen) atoms. The molecule has 0 unspecified atom stereocenters. The summed E-state index contributed by atoms with van der Waals surface area (Å²) in [6.45, 7) is 0.0799. The van der Waals surface area contributed by atoms with Gasteiger partial charge < -0.3 is 0 Å². The van der Waals surface area contributed by atoms with Crippen LogP contribution in [0, 0.1) is 0 Å². The third-order valence-corrected chi connectivity index (χ3v) is 6.21. The van der Waals surface area contributed by atoms with E-state index in [1.54, 1.807) is 0 Å². The van der Waals surface area contributed by atoms with Gasteiger partial charge in [-0.2, -0.15) is 8.42 Å². The molecule has 1 aromatic rings. The van der Waals surface area contributed by atoms with Gasteiger partial charge in [-0.25, -0.2) is 0 Å². The van der Waals surface area contributed by atoms with Gasteiger partial charge in [0.25, 0.3) is 14.9 Å². The molecule has 1 aromatic heterocycles. The Morgan fingerprint density at radius 2 is 2.13 bits per heavy atom. The molecule has 0 aromatic carbocycles. The SMILES string of the molecule is CS(=O)(=O)OCCSc1ssc(=O)c1Cl. The van der Waals surface area contributed by atoms with E-state index in [0.29, 0.717) is 9.96 Å². The zero-order chi connectivity index (χ0) is 11.5. The number of hydrogen-bond acceptors (Lipinski definition) is 7. The Kier molecular flexibility index (Phi) is 5.07. The Labute approximate surface area is 104 Å². The molecule has 0 aliphatic carbocycles. The van der Waals surface area contributed by atoms with Gasteiger partial charge in [-0.05, 0) is 10.3 Å². The van der Waals surface area contributed by atoms with Crippen molar-refractivity contribution in [2.75, 3.05) is 18.6 Å². The predicted octanol–water partition coefficient (Wildman–Crippen LogP) is 1.89. The molecule has 0 saturated carbocycles. The summed E-state index contributed by atoms with van der Waals surface area (Å²) >= 11 is 7.02. The van der Waals surface area contributed by atoms with Crippen LogP contribution in [-0.2, 0) is 14.3 Å². The van der Waals surface area contributed by atoms with E-state index in [1.165, 1.54) is 22.1 Å². The first kappa shape index (κ1) is 13.5. The molecule has 0 aliphatic rings. The van der Waals surface area contributed by atoms with Crippen molar-refractivity contribution in [3.63, 3.8) is 0 Å². The molecule has 4 nitrogen and oxygen atoms in total. The average molecular weight is 307 g/mol. The molecule has 9 heteroatoms. The summed E-state index contributed by atoms with van der Waals surface area (Å²) in [5, 5.41) is 0.217. The Morgan fingerprint density at radius 3 is 2.60 bits per heavy atom. The third-order valence-electron chi connectivity index (χ3n) is 1.17. The maximum Gasteiger partial charge on any atom is 0.264 e. The molecule has 86 valence electrons. The van der Waals surface area contributed by atoms with E-state index in [0.717, 1.165) is 16.6 Å². The first-order valence-corrected chi connectivity index (χ1v) is 8.99. The quantitative estimate of drug-likeness (QED) is 0.360. The van der Waals surface area contributed by atoms with Crippen molar-refractivity contribution in [3.8, 4) is 0 Å². The Morgan fingerprint density at radius 1 is 1.47 bits per heavy atom. The Balaban J connectivity index is 2.39. The number of rotatable bonds is 5. The van der Waals surface area contributed by atoms with Crippen LogP contribution < -0.4 is 4.74 Å². The Bertz CT molecular complexity index is 474. The molecule has 0 atom stereocenters. The van der Waals surface area contributed by atoms with Gasteiger partial charge in [0.15, 0.2) is 0 Å². The minimum absolute atomic E-state index is 0.0799. The largest absolute Gasteiger partial charge is 0.275 e. The molecule has 0 bridgehead atoms. The lowest BCUT2D eigenvalue weighted by molar-refractivity contribution is 0.345. The molecule has 0 aliphatic heterocycles. The van der Waals surface area contributed by atoms with Crippen LogP contribution in [0.4, 0.5) is 0 Å². The minimum atomic E-state index is -3.39. The summed E-state index contributed by atoms with van der Waals surface area (Å²) < 4.78 is 26.3. The first-order chi connectivity index (χ1) is 6.90. The molecule has 0 fully saturated rings. The summed E-state index contributed by atoms with van der Waals surface area (Å²) in [6, 6.07) is 0. The van der Waals surface area contributed by atoms with Crippen LogP contribution in [0.2, 0.25) is 5.02 Å². The minimum Gasteiger partial charge on any atom is -0.275 e. The number of hydrogen-bond donors (Lipinski definition) is 0. The molecule has 0 spiro atoms. The molecular formula is C6H7ClO4S4. The van der Waals surface area contributed by atoms with Crippen molar-refractivity contribution in [2.45, 2.75) is 4.21 Å². The first-order valence-electron chi connectivity index (χ1n) is 3.66. The van der Waals surface area contributed by atoms with Crippen molar-refractivity contribution in [3.05, 3.63) is 14.6 Å². The van der Waals surface area contributed by atoms with E-state index in [9.17, 15) is 13.2 Å². The topological polar surface area (TPSA) is 60.4 Å². The summed E-state index contributed by atoms with van der Waals surface area (Å²) in [6.07, 6.45) is 0.994. The van der Waals surface area contributed by atoms with E-state index < -0.39 is 10.1 Å². The van der Waals surface area contributed by atoms with E-state index in [4.69, 9.17) is 11.6 Å². The van der Waals surface area contributed by atoms with Crippen molar-refractivity contribution in [1.29, 1.82) is 0 Å². The van der Waals surface area contributed by atoms with Gasteiger partial charge in [-0.3, -0.25) is 8.98 Å². The van der Waals surface area contributed by atoms with Gasteiger partial charge in [0.2, 0.25) is 0 Å². The van der Waals surface area contributed by atoms with Crippen LogP contribution >= 0.6 is 44.0 Å². The second kappa shape index (κ2) is 5.65. The fourth-order valence-electron chi connectivity index (χ4n) is 0.639. The highest BCUT2D eigenvalue weighted by Gasteiger charge is 2.09. The Hall–Kier alpha value is 0.400. The summed E-state index contributed by atoms with van der Waals surface area (Å²) in [5.41, 5.74) is 0. The average Bonchev–Trinajstić information content (AvgIpc) is 2.42. The van der Waals surface area contributed by atoms with Gasteiger partial charge in [-0.15, -0.1) is 11.8 Å². The lowest BCUT2D eigenvalue weighted by Crippen LogP contribution is -2.05.